The average Bonchev–Trinajstić information content (AvgIpc) is 2.23. The number of anilines is 1. The van der Waals surface area contributed by atoms with Gasteiger partial charge in [0.25, 0.3) is 0 Å². The molecule has 0 unspecified atom stereocenters. The molecule has 7 heteroatoms. The van der Waals surface area contributed by atoms with Gasteiger partial charge < -0.3 is 9.84 Å². The molecule has 1 aromatic carbocycles. The molecule has 0 atom stereocenters. The van der Waals surface area contributed by atoms with Gasteiger partial charge in [-0.2, -0.15) is 0 Å². The van der Waals surface area contributed by atoms with E-state index in [1.807, 2.05) is 13.8 Å². The third kappa shape index (κ3) is 4.83. The highest BCUT2D eigenvalue weighted by Gasteiger charge is 2.14. The van der Waals surface area contributed by atoms with Crippen LogP contribution in [0.1, 0.15) is 13.8 Å². The first-order chi connectivity index (χ1) is 8.32. The van der Waals surface area contributed by atoms with Crippen molar-refractivity contribution in [1.82, 2.24) is 0 Å². The molecule has 0 bridgehead atoms. The molecule has 0 saturated heterocycles. The maximum atomic E-state index is 11.7. The lowest BCUT2D eigenvalue weighted by Gasteiger charge is -2.11. The monoisotopic (exact) mass is 337 g/mol. The lowest BCUT2D eigenvalue weighted by atomic mass is 10.3. The predicted molar refractivity (Wildman–Crippen MR) is 74.3 cm³/mol. The third-order valence-corrected chi connectivity index (χ3v) is 3.93. The van der Waals surface area contributed by atoms with Crippen LogP contribution in [0, 0.1) is 0 Å². The van der Waals surface area contributed by atoms with Crippen molar-refractivity contribution in [3.8, 4) is 5.75 Å². The fraction of sp³-hybridized carbons (Fsp3) is 0.455. The van der Waals surface area contributed by atoms with E-state index < -0.39 is 10.0 Å². The molecule has 0 aliphatic carbocycles. The van der Waals surface area contributed by atoms with Gasteiger partial charge in [-0.25, -0.2) is 8.42 Å². The number of hydrogen-bond acceptors (Lipinski definition) is 4. The van der Waals surface area contributed by atoms with Crippen molar-refractivity contribution >= 4 is 31.6 Å². The summed E-state index contributed by atoms with van der Waals surface area (Å²) in [6.45, 7) is 3.78. The number of halogens is 1. The van der Waals surface area contributed by atoms with Crippen molar-refractivity contribution in [2.45, 2.75) is 20.0 Å². The summed E-state index contributed by atoms with van der Waals surface area (Å²) >= 11 is 3.12. The van der Waals surface area contributed by atoms with E-state index in [4.69, 9.17) is 4.74 Å². The van der Waals surface area contributed by atoms with Gasteiger partial charge in [-0.05, 0) is 41.9 Å². The van der Waals surface area contributed by atoms with E-state index in [-0.39, 0.29) is 29.9 Å². The maximum absolute atomic E-state index is 11.7. The van der Waals surface area contributed by atoms with Crippen LogP contribution in [-0.4, -0.2) is 32.0 Å². The fourth-order valence-electron chi connectivity index (χ4n) is 1.21. The van der Waals surface area contributed by atoms with Gasteiger partial charge in [-0.3, -0.25) is 4.72 Å². The van der Waals surface area contributed by atoms with E-state index in [1.165, 1.54) is 6.07 Å². The van der Waals surface area contributed by atoms with E-state index >= 15 is 0 Å². The molecule has 0 spiro atoms. The summed E-state index contributed by atoms with van der Waals surface area (Å²) in [7, 11) is -3.53. The largest absolute Gasteiger partial charge is 0.505 e. The normalized spacial score (nSPS) is 11.8. The van der Waals surface area contributed by atoms with Gasteiger partial charge in [0.05, 0.1) is 28.6 Å². The van der Waals surface area contributed by atoms with E-state index in [2.05, 4.69) is 20.7 Å². The maximum Gasteiger partial charge on any atom is 0.235 e. The summed E-state index contributed by atoms with van der Waals surface area (Å²) in [5.41, 5.74) is 0.147. The summed E-state index contributed by atoms with van der Waals surface area (Å²) in [5, 5.41) is 9.67. The summed E-state index contributed by atoms with van der Waals surface area (Å²) < 4.78 is 31.4. The molecule has 0 aliphatic heterocycles. The topological polar surface area (TPSA) is 75.6 Å². The number of sulfonamides is 1. The molecular weight excluding hydrogens is 322 g/mol. The predicted octanol–water partition coefficient (Wildman–Crippen LogP) is 2.32. The van der Waals surface area contributed by atoms with Gasteiger partial charge in [-0.15, -0.1) is 0 Å². The van der Waals surface area contributed by atoms with Crippen molar-refractivity contribution in [1.29, 1.82) is 0 Å². The molecule has 102 valence electrons. The third-order valence-electron chi connectivity index (χ3n) is 2.06. The van der Waals surface area contributed by atoms with E-state index in [9.17, 15) is 13.5 Å². The van der Waals surface area contributed by atoms with Gasteiger partial charge in [0, 0.05) is 0 Å². The molecule has 5 nitrogen and oxygen atoms in total. The van der Waals surface area contributed by atoms with Crippen LogP contribution in [-0.2, 0) is 14.8 Å². The van der Waals surface area contributed by atoms with Crippen LogP contribution in [0.25, 0.3) is 0 Å². The Hall–Kier alpha value is -0.790. The van der Waals surface area contributed by atoms with Crippen molar-refractivity contribution < 1.29 is 18.3 Å². The molecule has 0 aliphatic rings. The summed E-state index contributed by atoms with van der Waals surface area (Å²) in [6, 6.07) is 4.74. The Labute approximate surface area is 115 Å². The van der Waals surface area contributed by atoms with Crippen molar-refractivity contribution in [2.24, 2.45) is 0 Å². The zero-order valence-corrected chi connectivity index (χ0v) is 12.6. The van der Waals surface area contributed by atoms with Gasteiger partial charge in [-0.1, -0.05) is 6.07 Å². The molecule has 2 N–H and O–H groups in total. The minimum atomic E-state index is -3.53. The van der Waals surface area contributed by atoms with Gasteiger partial charge in [0.15, 0.2) is 5.75 Å². The fourth-order valence-corrected chi connectivity index (χ4v) is 2.49. The summed E-state index contributed by atoms with van der Waals surface area (Å²) in [5.74, 6) is -0.289. The Morgan fingerprint density at radius 3 is 2.72 bits per heavy atom. The molecule has 18 heavy (non-hydrogen) atoms. The van der Waals surface area contributed by atoms with Crippen molar-refractivity contribution in [2.75, 3.05) is 17.1 Å². The highest BCUT2D eigenvalue weighted by Crippen LogP contribution is 2.32. The number of phenols is 1. The Morgan fingerprint density at radius 2 is 2.11 bits per heavy atom. The van der Waals surface area contributed by atoms with Gasteiger partial charge in [0.1, 0.15) is 0 Å². The highest BCUT2D eigenvalue weighted by molar-refractivity contribution is 9.10. The van der Waals surface area contributed by atoms with Crippen LogP contribution in [0.5, 0.6) is 5.75 Å². The molecule has 1 aromatic rings. The van der Waals surface area contributed by atoms with Crippen LogP contribution in [0.15, 0.2) is 22.7 Å². The Balaban J connectivity index is 2.68. The van der Waals surface area contributed by atoms with Gasteiger partial charge in [0.2, 0.25) is 10.0 Å². The number of hydrogen-bond donors (Lipinski definition) is 2. The van der Waals surface area contributed by atoms with Crippen molar-refractivity contribution in [3.05, 3.63) is 22.7 Å². The number of rotatable bonds is 6. The smallest absolute Gasteiger partial charge is 0.235 e. The minimum Gasteiger partial charge on any atom is -0.505 e. The first-order valence-electron chi connectivity index (χ1n) is 5.41. The summed E-state index contributed by atoms with van der Waals surface area (Å²) in [6.07, 6.45) is -0.0144. The van der Waals surface area contributed by atoms with E-state index in [0.29, 0.717) is 4.47 Å². The molecule has 1 rings (SSSR count). The van der Waals surface area contributed by atoms with Crippen LogP contribution in [0.2, 0.25) is 0 Å². The zero-order valence-electron chi connectivity index (χ0n) is 10.2. The zero-order chi connectivity index (χ0) is 13.8. The van der Waals surface area contributed by atoms with E-state index in [1.54, 1.807) is 12.1 Å². The lowest BCUT2D eigenvalue weighted by Crippen LogP contribution is -2.21. The number of phenolic OH excluding ortho intramolecular Hbond substituents is 1. The first-order valence-corrected chi connectivity index (χ1v) is 7.86. The molecule has 0 amide bonds. The van der Waals surface area contributed by atoms with Crippen LogP contribution in [0.3, 0.4) is 0 Å². The Kier molecular flexibility index (Phi) is 5.43. The molecular formula is C11H16BrNO4S. The number of para-hydroxylation sites is 1. The second-order valence-electron chi connectivity index (χ2n) is 3.98. The minimum absolute atomic E-state index is 0.0144. The number of benzene rings is 1. The molecule has 0 heterocycles. The lowest BCUT2D eigenvalue weighted by molar-refractivity contribution is 0.0913. The second kappa shape index (κ2) is 6.40. The molecule has 0 radical (unpaired) electrons. The number of ether oxygens (including phenoxy) is 1. The van der Waals surface area contributed by atoms with Gasteiger partial charge >= 0.3 is 0 Å². The standard InChI is InChI=1S/C11H16BrNO4S/c1-8(2)17-6-7-18(15,16)13-10-5-3-4-9(12)11(10)14/h3-5,8,13-14H,6-7H2,1-2H3. The van der Waals surface area contributed by atoms with Crippen LogP contribution >= 0.6 is 15.9 Å². The highest BCUT2D eigenvalue weighted by atomic mass is 79.9. The molecule has 0 fully saturated rings. The van der Waals surface area contributed by atoms with Crippen LogP contribution in [0.4, 0.5) is 5.69 Å². The number of aromatic hydroxyl groups is 1. The average molecular weight is 338 g/mol. The SMILES string of the molecule is CC(C)OCCS(=O)(=O)Nc1cccc(Br)c1O. The number of nitrogens with one attached hydrogen (secondary N) is 1. The Bertz CT molecular complexity index is 502. The van der Waals surface area contributed by atoms with E-state index in [0.717, 1.165) is 0 Å². The molecule has 0 saturated carbocycles. The summed E-state index contributed by atoms with van der Waals surface area (Å²) in [4.78, 5) is 0. The second-order valence-corrected chi connectivity index (χ2v) is 6.67. The molecule has 0 aromatic heterocycles. The van der Waals surface area contributed by atoms with Crippen molar-refractivity contribution in [3.63, 3.8) is 0 Å². The quantitative estimate of drug-likeness (QED) is 0.781. The Morgan fingerprint density at radius 1 is 1.44 bits per heavy atom. The first kappa shape index (κ1) is 15.3. The van der Waals surface area contributed by atoms with Crippen LogP contribution < -0.4 is 4.72 Å².